The lowest BCUT2D eigenvalue weighted by Gasteiger charge is -2.09. The van der Waals surface area contributed by atoms with Crippen LogP contribution in [0.5, 0.6) is 0 Å². The fourth-order valence-corrected chi connectivity index (χ4v) is 2.32. The predicted molar refractivity (Wildman–Crippen MR) is 73.0 cm³/mol. The van der Waals surface area contributed by atoms with E-state index in [-0.39, 0.29) is 11.8 Å². The summed E-state index contributed by atoms with van der Waals surface area (Å²) in [7, 11) is 0. The van der Waals surface area contributed by atoms with Gasteiger partial charge in [0.2, 0.25) is 5.91 Å². The summed E-state index contributed by atoms with van der Waals surface area (Å²) >= 11 is 0. The van der Waals surface area contributed by atoms with Crippen molar-refractivity contribution in [2.45, 2.75) is 12.3 Å². The minimum atomic E-state index is -0.0380. The van der Waals surface area contributed by atoms with Crippen molar-refractivity contribution in [2.75, 3.05) is 17.2 Å². The molecule has 0 aliphatic carbocycles. The van der Waals surface area contributed by atoms with Crippen LogP contribution in [0.1, 0.15) is 17.9 Å². The van der Waals surface area contributed by atoms with E-state index in [2.05, 4.69) is 26.7 Å². The van der Waals surface area contributed by atoms with E-state index in [1.54, 1.807) is 18.6 Å². The van der Waals surface area contributed by atoms with Gasteiger partial charge in [-0.2, -0.15) is 0 Å². The lowest BCUT2D eigenvalue weighted by Crippen LogP contribution is -2.17. The van der Waals surface area contributed by atoms with E-state index in [9.17, 15) is 4.79 Å². The van der Waals surface area contributed by atoms with Gasteiger partial charge in [0.15, 0.2) is 5.82 Å². The fourth-order valence-electron chi connectivity index (χ4n) is 2.32. The SMILES string of the molecule is O=C(CC1CNc2ccccc21)Nc1cnccn1. The molecule has 96 valence electrons. The number of amides is 1. The largest absolute Gasteiger partial charge is 0.384 e. The molecule has 0 radical (unpaired) electrons. The number of carbonyl (C=O) groups is 1. The highest BCUT2D eigenvalue weighted by molar-refractivity contribution is 5.90. The Labute approximate surface area is 111 Å². The highest BCUT2D eigenvalue weighted by atomic mass is 16.1. The van der Waals surface area contributed by atoms with Crippen LogP contribution in [0, 0.1) is 0 Å². The van der Waals surface area contributed by atoms with Crippen molar-refractivity contribution >= 4 is 17.4 Å². The lowest BCUT2D eigenvalue weighted by atomic mass is 9.98. The third kappa shape index (κ3) is 2.54. The maximum atomic E-state index is 12.0. The van der Waals surface area contributed by atoms with Crippen LogP contribution in [-0.2, 0) is 4.79 Å². The number of para-hydroxylation sites is 1. The van der Waals surface area contributed by atoms with Crippen LogP contribution in [-0.4, -0.2) is 22.4 Å². The Morgan fingerprint density at radius 2 is 2.26 bits per heavy atom. The molecule has 0 bridgehead atoms. The number of aromatic nitrogens is 2. The monoisotopic (exact) mass is 254 g/mol. The first-order chi connectivity index (χ1) is 9.33. The molecule has 5 nitrogen and oxygen atoms in total. The summed E-state index contributed by atoms with van der Waals surface area (Å²) in [5.74, 6) is 0.670. The number of carbonyl (C=O) groups excluding carboxylic acids is 1. The van der Waals surface area contributed by atoms with Gasteiger partial charge >= 0.3 is 0 Å². The summed E-state index contributed by atoms with van der Waals surface area (Å²) in [4.78, 5) is 19.9. The van der Waals surface area contributed by atoms with Crippen LogP contribution >= 0.6 is 0 Å². The van der Waals surface area contributed by atoms with Crippen molar-refractivity contribution in [1.82, 2.24) is 9.97 Å². The lowest BCUT2D eigenvalue weighted by molar-refractivity contribution is -0.116. The van der Waals surface area contributed by atoms with E-state index >= 15 is 0 Å². The molecular formula is C14H14N4O. The van der Waals surface area contributed by atoms with Crippen molar-refractivity contribution in [3.05, 3.63) is 48.4 Å². The van der Waals surface area contributed by atoms with Crippen molar-refractivity contribution in [2.24, 2.45) is 0 Å². The van der Waals surface area contributed by atoms with Gasteiger partial charge in [-0.3, -0.25) is 9.78 Å². The molecule has 1 atom stereocenters. The van der Waals surface area contributed by atoms with Gasteiger partial charge in [0.05, 0.1) is 6.20 Å². The van der Waals surface area contributed by atoms with Crippen LogP contribution in [0.3, 0.4) is 0 Å². The van der Waals surface area contributed by atoms with Gasteiger partial charge in [-0.1, -0.05) is 18.2 Å². The Morgan fingerprint density at radius 1 is 1.37 bits per heavy atom. The molecule has 1 unspecified atom stereocenters. The molecule has 19 heavy (non-hydrogen) atoms. The Bertz CT molecular complexity index is 585. The second-order valence-electron chi connectivity index (χ2n) is 4.51. The summed E-state index contributed by atoms with van der Waals surface area (Å²) in [5, 5.41) is 6.07. The molecule has 1 aliphatic rings. The van der Waals surface area contributed by atoms with Gasteiger partial charge < -0.3 is 10.6 Å². The number of hydrogen-bond donors (Lipinski definition) is 2. The molecule has 2 N–H and O–H groups in total. The zero-order valence-electron chi connectivity index (χ0n) is 10.3. The standard InChI is InChI=1S/C14H14N4O/c19-14(18-13-9-15-5-6-16-13)7-10-8-17-12-4-2-1-3-11(10)12/h1-6,9-10,17H,7-8H2,(H,16,18,19). The smallest absolute Gasteiger partial charge is 0.226 e. The van der Waals surface area contributed by atoms with Crippen molar-refractivity contribution in [1.29, 1.82) is 0 Å². The minimum absolute atomic E-state index is 0.0380. The molecule has 0 saturated heterocycles. The number of nitrogens with one attached hydrogen (secondary N) is 2. The highest BCUT2D eigenvalue weighted by Gasteiger charge is 2.23. The average Bonchev–Trinajstić information content (AvgIpc) is 2.83. The van der Waals surface area contributed by atoms with E-state index in [1.807, 2.05) is 18.2 Å². The fraction of sp³-hybridized carbons (Fsp3) is 0.214. The van der Waals surface area contributed by atoms with E-state index in [4.69, 9.17) is 0 Å². The van der Waals surface area contributed by atoms with Gasteiger partial charge in [-0.15, -0.1) is 0 Å². The van der Waals surface area contributed by atoms with Crippen LogP contribution < -0.4 is 10.6 Å². The van der Waals surface area contributed by atoms with Crippen molar-refractivity contribution < 1.29 is 4.79 Å². The normalized spacial score (nSPS) is 16.5. The Hall–Kier alpha value is -2.43. The quantitative estimate of drug-likeness (QED) is 0.879. The van der Waals surface area contributed by atoms with E-state index in [0.717, 1.165) is 12.2 Å². The summed E-state index contributed by atoms with van der Waals surface area (Å²) in [5.41, 5.74) is 2.33. The molecule has 3 rings (SSSR count). The molecule has 0 saturated carbocycles. The second-order valence-corrected chi connectivity index (χ2v) is 4.51. The molecule has 0 spiro atoms. The summed E-state index contributed by atoms with van der Waals surface area (Å²) in [6.45, 7) is 0.799. The van der Waals surface area contributed by atoms with Gasteiger partial charge in [-0.25, -0.2) is 4.98 Å². The zero-order valence-corrected chi connectivity index (χ0v) is 10.3. The first-order valence-electron chi connectivity index (χ1n) is 6.21. The number of nitrogens with zero attached hydrogens (tertiary/aromatic N) is 2. The third-order valence-electron chi connectivity index (χ3n) is 3.20. The number of rotatable bonds is 3. The maximum absolute atomic E-state index is 12.0. The van der Waals surface area contributed by atoms with Crippen molar-refractivity contribution in [3.8, 4) is 0 Å². The molecular weight excluding hydrogens is 240 g/mol. The minimum Gasteiger partial charge on any atom is -0.384 e. The van der Waals surface area contributed by atoms with E-state index in [1.165, 1.54) is 5.56 Å². The van der Waals surface area contributed by atoms with E-state index in [0.29, 0.717) is 12.2 Å². The molecule has 0 fully saturated rings. The average molecular weight is 254 g/mol. The highest BCUT2D eigenvalue weighted by Crippen LogP contribution is 2.33. The topological polar surface area (TPSA) is 66.9 Å². The first-order valence-corrected chi connectivity index (χ1v) is 6.21. The molecule has 2 aromatic rings. The summed E-state index contributed by atoms with van der Waals surface area (Å²) in [6, 6.07) is 8.10. The molecule has 1 aliphatic heterocycles. The van der Waals surface area contributed by atoms with Crippen molar-refractivity contribution in [3.63, 3.8) is 0 Å². The van der Waals surface area contributed by atoms with Crippen LogP contribution in [0.4, 0.5) is 11.5 Å². The number of anilines is 2. The third-order valence-corrected chi connectivity index (χ3v) is 3.20. The molecule has 1 aromatic carbocycles. The number of fused-ring (bicyclic) bond motifs is 1. The van der Waals surface area contributed by atoms with E-state index < -0.39 is 0 Å². The Morgan fingerprint density at radius 3 is 3.11 bits per heavy atom. The van der Waals surface area contributed by atoms with Crippen LogP contribution in [0.25, 0.3) is 0 Å². The van der Waals surface area contributed by atoms with Gasteiger partial charge in [-0.05, 0) is 11.6 Å². The molecule has 5 heteroatoms. The molecule has 1 aromatic heterocycles. The molecule has 2 heterocycles. The van der Waals surface area contributed by atoms with Gasteiger partial charge in [0, 0.05) is 37.0 Å². The van der Waals surface area contributed by atoms with Gasteiger partial charge in [0.25, 0.3) is 0 Å². The maximum Gasteiger partial charge on any atom is 0.226 e. The zero-order chi connectivity index (χ0) is 13.1. The Kier molecular flexibility index (Phi) is 3.10. The first kappa shape index (κ1) is 11.6. The van der Waals surface area contributed by atoms with Crippen LogP contribution in [0.15, 0.2) is 42.9 Å². The molecule has 1 amide bonds. The van der Waals surface area contributed by atoms with Gasteiger partial charge in [0.1, 0.15) is 0 Å². The summed E-state index contributed by atoms with van der Waals surface area (Å²) < 4.78 is 0. The van der Waals surface area contributed by atoms with Crippen LogP contribution in [0.2, 0.25) is 0 Å². The second kappa shape index (κ2) is 5.06. The number of benzene rings is 1. The number of hydrogen-bond acceptors (Lipinski definition) is 4. The summed E-state index contributed by atoms with van der Waals surface area (Å²) in [6.07, 6.45) is 5.12. The Balaban J connectivity index is 1.65. The predicted octanol–water partition coefficient (Wildman–Crippen LogP) is 2.01.